The van der Waals surface area contributed by atoms with Gasteiger partial charge in [0.1, 0.15) is 12.2 Å². The third kappa shape index (κ3) is 3.21. The van der Waals surface area contributed by atoms with Gasteiger partial charge in [-0.05, 0) is 24.5 Å². The molecule has 9 atom stereocenters. The van der Waals surface area contributed by atoms with Crippen LogP contribution in [0.25, 0.3) is 0 Å². The molecule has 0 aromatic carbocycles. The average molecular weight is 477 g/mol. The van der Waals surface area contributed by atoms with Crippen LogP contribution >= 0.6 is 0 Å². The zero-order valence-corrected chi connectivity index (χ0v) is 21.0. The van der Waals surface area contributed by atoms with Gasteiger partial charge in [-0.1, -0.05) is 32.9 Å². The topological polar surface area (TPSA) is 119 Å². The Bertz CT molecular complexity index is 979. The first-order valence-electron chi connectivity index (χ1n) is 12.0. The molecule has 8 heteroatoms. The highest BCUT2D eigenvalue weighted by molar-refractivity contribution is 5.69. The van der Waals surface area contributed by atoms with E-state index in [0.29, 0.717) is 6.42 Å². The third-order valence-electron chi connectivity index (χ3n) is 8.95. The lowest BCUT2D eigenvalue weighted by Gasteiger charge is -2.52. The summed E-state index contributed by atoms with van der Waals surface area (Å²) < 4.78 is 17.4. The number of carbonyl (C=O) groups is 3. The largest absolute Gasteiger partial charge is 0.458 e. The van der Waals surface area contributed by atoms with Crippen molar-refractivity contribution in [2.45, 2.75) is 78.3 Å². The fraction of sp³-hybridized carbons (Fsp3) is 0.731. The summed E-state index contributed by atoms with van der Waals surface area (Å²) in [5, 5.41) is 22.8. The van der Waals surface area contributed by atoms with E-state index >= 15 is 0 Å². The van der Waals surface area contributed by atoms with Crippen LogP contribution in [-0.4, -0.2) is 58.1 Å². The van der Waals surface area contributed by atoms with E-state index in [0.717, 1.165) is 11.1 Å². The summed E-state index contributed by atoms with van der Waals surface area (Å²) >= 11 is 0. The van der Waals surface area contributed by atoms with Gasteiger partial charge in [0.25, 0.3) is 0 Å². The third-order valence-corrected chi connectivity index (χ3v) is 8.95. The highest BCUT2D eigenvalue weighted by Gasteiger charge is 2.87. The Morgan fingerprint density at radius 3 is 2.18 bits per heavy atom. The second kappa shape index (κ2) is 7.92. The van der Waals surface area contributed by atoms with Gasteiger partial charge in [0.15, 0.2) is 5.60 Å². The molecular formula is C26H36O8. The van der Waals surface area contributed by atoms with Crippen LogP contribution < -0.4 is 0 Å². The molecule has 4 aliphatic carbocycles. The molecule has 4 aliphatic rings. The average Bonchev–Trinajstić information content (AvgIpc) is 3.09. The lowest BCUT2D eigenvalue weighted by molar-refractivity contribution is -0.220. The van der Waals surface area contributed by atoms with Gasteiger partial charge < -0.3 is 24.4 Å². The molecular weight excluding hydrogens is 440 g/mol. The molecule has 0 amide bonds. The Balaban J connectivity index is 1.90. The summed E-state index contributed by atoms with van der Waals surface area (Å²) in [6.07, 6.45) is 2.96. The monoisotopic (exact) mass is 476 g/mol. The van der Waals surface area contributed by atoms with Crippen LogP contribution in [0.1, 0.15) is 54.9 Å². The minimum atomic E-state index is -1.39. The predicted octanol–water partition coefficient (Wildman–Crippen LogP) is 2.32. The van der Waals surface area contributed by atoms with Crippen molar-refractivity contribution in [1.29, 1.82) is 0 Å². The van der Waals surface area contributed by atoms with Gasteiger partial charge in [-0.2, -0.15) is 0 Å². The number of aliphatic hydroxyl groups excluding tert-OH is 1. The fourth-order valence-corrected chi connectivity index (χ4v) is 7.69. The van der Waals surface area contributed by atoms with Crippen molar-refractivity contribution in [2.24, 2.45) is 35.0 Å². The van der Waals surface area contributed by atoms with E-state index < -0.39 is 64.5 Å². The summed E-state index contributed by atoms with van der Waals surface area (Å²) in [7, 11) is 0. The van der Waals surface area contributed by atoms with Crippen LogP contribution in [0, 0.1) is 35.0 Å². The van der Waals surface area contributed by atoms with Crippen LogP contribution in [0.2, 0.25) is 0 Å². The van der Waals surface area contributed by atoms with Crippen molar-refractivity contribution >= 4 is 17.9 Å². The van der Waals surface area contributed by atoms with Crippen molar-refractivity contribution in [1.82, 2.24) is 0 Å². The molecule has 0 heterocycles. The Morgan fingerprint density at radius 1 is 1.03 bits per heavy atom. The van der Waals surface area contributed by atoms with E-state index in [4.69, 9.17) is 14.2 Å². The molecule has 0 radical (unpaired) electrons. The molecule has 0 aromatic heterocycles. The van der Waals surface area contributed by atoms with Crippen molar-refractivity contribution in [3.8, 4) is 0 Å². The van der Waals surface area contributed by atoms with E-state index in [1.165, 1.54) is 20.8 Å². The Hall–Kier alpha value is -2.19. The van der Waals surface area contributed by atoms with E-state index in [2.05, 4.69) is 0 Å². The van der Waals surface area contributed by atoms with Gasteiger partial charge in [0.05, 0.1) is 12.2 Å². The van der Waals surface area contributed by atoms with Crippen molar-refractivity contribution in [3.05, 3.63) is 23.3 Å². The number of esters is 3. The molecule has 2 saturated carbocycles. The van der Waals surface area contributed by atoms with Crippen LogP contribution in [0.4, 0.5) is 0 Å². The Morgan fingerprint density at radius 2 is 1.65 bits per heavy atom. The molecule has 8 nitrogen and oxygen atoms in total. The highest BCUT2D eigenvalue weighted by Crippen LogP contribution is 2.77. The van der Waals surface area contributed by atoms with Crippen molar-refractivity contribution in [2.75, 3.05) is 6.61 Å². The standard InChI is InChI=1S/C26H36O8/c1-12-8-19-18(21(12)32-14(3)28)9-17(11-27)10-20-22-24(6,7)26(22,34-16(5)30)23(33-15(4)29)13(2)25(19,20)31/h8,10,13,18-23,27,31H,9,11H2,1-7H3. The molecule has 0 bridgehead atoms. The molecule has 2 fully saturated rings. The lowest BCUT2D eigenvalue weighted by Crippen LogP contribution is -2.63. The minimum Gasteiger partial charge on any atom is -0.458 e. The van der Waals surface area contributed by atoms with Crippen molar-refractivity contribution in [3.63, 3.8) is 0 Å². The number of hydrogen-bond donors (Lipinski definition) is 2. The first-order chi connectivity index (χ1) is 15.7. The number of carbonyl (C=O) groups excluding carboxylic acids is 3. The van der Waals surface area contributed by atoms with Crippen LogP contribution in [0.15, 0.2) is 23.3 Å². The Kier molecular flexibility index (Phi) is 5.80. The van der Waals surface area contributed by atoms with Gasteiger partial charge in [0.2, 0.25) is 0 Å². The Labute approximate surface area is 200 Å². The van der Waals surface area contributed by atoms with E-state index in [9.17, 15) is 24.6 Å². The number of fused-ring (bicyclic) bond motifs is 5. The minimum absolute atomic E-state index is 0.197. The first-order valence-corrected chi connectivity index (χ1v) is 12.0. The van der Waals surface area contributed by atoms with Gasteiger partial charge in [0, 0.05) is 55.8 Å². The lowest BCUT2D eigenvalue weighted by atomic mass is 9.59. The fourth-order valence-electron chi connectivity index (χ4n) is 7.69. The number of aliphatic hydroxyl groups is 2. The SMILES string of the molecule is CC(=O)OC1C(C)=CC2C1CC(CO)=CC1C3C(C)(C)C3(OC(C)=O)C(OC(C)=O)C(C)C21O. The molecule has 0 saturated heterocycles. The van der Waals surface area contributed by atoms with Gasteiger partial charge in [-0.15, -0.1) is 0 Å². The van der Waals surface area contributed by atoms with E-state index in [1.54, 1.807) is 0 Å². The van der Waals surface area contributed by atoms with Crippen LogP contribution in [0.5, 0.6) is 0 Å². The highest BCUT2D eigenvalue weighted by atomic mass is 16.6. The number of hydrogen-bond acceptors (Lipinski definition) is 8. The van der Waals surface area contributed by atoms with E-state index in [-0.39, 0.29) is 18.4 Å². The summed E-state index contributed by atoms with van der Waals surface area (Å²) in [6.45, 7) is 11.4. The maximum absolute atomic E-state index is 12.6. The second-order valence-electron chi connectivity index (χ2n) is 11.1. The quantitative estimate of drug-likeness (QED) is 0.360. The van der Waals surface area contributed by atoms with Crippen molar-refractivity contribution < 1.29 is 38.8 Å². The van der Waals surface area contributed by atoms with Crippen LogP contribution in [-0.2, 0) is 28.6 Å². The van der Waals surface area contributed by atoms with Gasteiger partial charge >= 0.3 is 17.9 Å². The molecule has 0 spiro atoms. The second-order valence-corrected chi connectivity index (χ2v) is 11.1. The normalized spacial score (nSPS) is 43.7. The molecule has 9 unspecified atom stereocenters. The van der Waals surface area contributed by atoms with Gasteiger partial charge in [-0.25, -0.2) is 0 Å². The summed E-state index contributed by atoms with van der Waals surface area (Å²) in [5.74, 6) is -3.51. The summed E-state index contributed by atoms with van der Waals surface area (Å²) in [5.41, 5.74) is -1.48. The molecule has 2 N–H and O–H groups in total. The van der Waals surface area contributed by atoms with E-state index in [1.807, 2.05) is 39.8 Å². The molecule has 188 valence electrons. The molecule has 4 rings (SSSR count). The number of rotatable bonds is 4. The molecule has 0 aromatic rings. The maximum Gasteiger partial charge on any atom is 0.303 e. The molecule has 0 aliphatic heterocycles. The molecule has 34 heavy (non-hydrogen) atoms. The summed E-state index contributed by atoms with van der Waals surface area (Å²) in [6, 6.07) is 0. The van der Waals surface area contributed by atoms with Crippen LogP contribution in [0.3, 0.4) is 0 Å². The predicted molar refractivity (Wildman–Crippen MR) is 121 cm³/mol. The zero-order chi connectivity index (χ0) is 25.4. The summed E-state index contributed by atoms with van der Waals surface area (Å²) in [4.78, 5) is 36.3. The smallest absolute Gasteiger partial charge is 0.303 e. The number of ether oxygens (including phenoxy) is 3. The first kappa shape index (κ1) is 24.9. The maximum atomic E-state index is 12.6. The van der Waals surface area contributed by atoms with Gasteiger partial charge in [-0.3, -0.25) is 14.4 Å². The zero-order valence-electron chi connectivity index (χ0n) is 21.0.